The molecule has 0 saturated carbocycles. The quantitative estimate of drug-likeness (QED) is 0.416. The second-order valence-electron chi connectivity index (χ2n) is 7.47. The van der Waals surface area contributed by atoms with Gasteiger partial charge in [-0.3, -0.25) is 9.78 Å². The van der Waals surface area contributed by atoms with E-state index in [-0.39, 0.29) is 21.6 Å². The number of amides is 3. The number of nitrogens with zero attached hydrogens (tertiary/aromatic N) is 2. The summed E-state index contributed by atoms with van der Waals surface area (Å²) in [7, 11) is 3.16. The van der Waals surface area contributed by atoms with Crippen LogP contribution in [-0.2, 0) is 9.47 Å². The Morgan fingerprint density at radius 3 is 2.21 bits per heavy atom. The maximum absolute atomic E-state index is 13.0. The summed E-state index contributed by atoms with van der Waals surface area (Å²) in [6, 6.07) is 9.90. The van der Waals surface area contributed by atoms with Gasteiger partial charge >= 0.3 is 6.03 Å². The van der Waals surface area contributed by atoms with Crippen molar-refractivity contribution >= 4 is 57.4 Å². The van der Waals surface area contributed by atoms with Gasteiger partial charge in [0, 0.05) is 38.9 Å². The van der Waals surface area contributed by atoms with Crippen molar-refractivity contribution in [3.8, 4) is 0 Å². The predicted octanol–water partition coefficient (Wildman–Crippen LogP) is 5.23. The zero-order valence-corrected chi connectivity index (χ0v) is 20.7. The molecule has 0 bridgehead atoms. The largest absolute Gasteiger partial charge is 0.383 e. The summed E-state index contributed by atoms with van der Waals surface area (Å²) in [6.45, 7) is 3.47. The number of nitrogens with one attached hydrogen (secondary N) is 2. The highest BCUT2D eigenvalue weighted by atomic mass is 35.5. The molecule has 1 heterocycles. The molecule has 0 spiro atoms. The van der Waals surface area contributed by atoms with Crippen LogP contribution in [0, 0.1) is 6.92 Å². The summed E-state index contributed by atoms with van der Waals surface area (Å²) < 4.78 is 10.2. The smallest absolute Gasteiger partial charge is 0.322 e. The van der Waals surface area contributed by atoms with Crippen molar-refractivity contribution in [3.63, 3.8) is 0 Å². The Hall–Kier alpha value is -2.91. The first kappa shape index (κ1) is 25.7. The van der Waals surface area contributed by atoms with Crippen LogP contribution in [0.15, 0.2) is 42.6 Å². The third-order valence-electron chi connectivity index (χ3n) is 5.17. The van der Waals surface area contributed by atoms with E-state index in [2.05, 4.69) is 15.6 Å². The molecule has 1 aromatic heterocycles. The van der Waals surface area contributed by atoms with Gasteiger partial charge < -0.3 is 25.0 Å². The Morgan fingerprint density at radius 2 is 1.59 bits per heavy atom. The van der Waals surface area contributed by atoms with Crippen LogP contribution >= 0.6 is 23.2 Å². The van der Waals surface area contributed by atoms with Crippen LogP contribution in [0.2, 0.25) is 10.0 Å². The molecule has 0 fully saturated rings. The lowest BCUT2D eigenvalue weighted by Crippen LogP contribution is -2.39. The van der Waals surface area contributed by atoms with Crippen LogP contribution in [0.3, 0.4) is 0 Å². The summed E-state index contributed by atoms with van der Waals surface area (Å²) in [5.74, 6) is -0.457. The molecule has 8 nitrogen and oxygen atoms in total. The van der Waals surface area contributed by atoms with Crippen LogP contribution in [0.5, 0.6) is 0 Å². The number of ether oxygens (including phenoxy) is 2. The van der Waals surface area contributed by atoms with Crippen LogP contribution in [0.4, 0.5) is 16.2 Å². The summed E-state index contributed by atoms with van der Waals surface area (Å²) >= 11 is 12.4. The lowest BCUT2D eigenvalue weighted by atomic mass is 10.1. The number of carbonyl (C=O) groups is 2. The highest BCUT2D eigenvalue weighted by molar-refractivity contribution is 6.40. The number of pyridine rings is 1. The van der Waals surface area contributed by atoms with Gasteiger partial charge in [-0.25, -0.2) is 4.79 Å². The fraction of sp³-hybridized carbons (Fsp3) is 0.292. The molecule has 2 N–H and O–H groups in total. The maximum Gasteiger partial charge on any atom is 0.322 e. The Labute approximate surface area is 208 Å². The van der Waals surface area contributed by atoms with Crippen LogP contribution in [-0.4, -0.2) is 62.3 Å². The Balaban J connectivity index is 1.93. The van der Waals surface area contributed by atoms with Gasteiger partial charge in [-0.15, -0.1) is 0 Å². The third-order valence-corrected chi connectivity index (χ3v) is 5.80. The lowest BCUT2D eigenvalue weighted by Gasteiger charge is -2.23. The zero-order valence-electron chi connectivity index (χ0n) is 19.2. The van der Waals surface area contributed by atoms with E-state index in [4.69, 9.17) is 32.7 Å². The van der Waals surface area contributed by atoms with E-state index in [1.807, 2.05) is 13.0 Å². The zero-order chi connectivity index (χ0) is 24.7. The van der Waals surface area contributed by atoms with Crippen LogP contribution in [0.25, 0.3) is 10.9 Å². The van der Waals surface area contributed by atoms with Gasteiger partial charge in [0.2, 0.25) is 0 Å². The molecule has 10 heteroatoms. The van der Waals surface area contributed by atoms with Gasteiger partial charge in [0.05, 0.1) is 45.7 Å². The molecular formula is C24H26Cl2N4O4. The Bertz CT molecular complexity index is 1160. The minimum absolute atomic E-state index is 0.176. The molecule has 0 saturated heterocycles. The number of hydrogen-bond acceptors (Lipinski definition) is 5. The number of methoxy groups -OCH3 is 2. The summed E-state index contributed by atoms with van der Waals surface area (Å²) in [6.07, 6.45) is 1.64. The molecule has 34 heavy (non-hydrogen) atoms. The van der Waals surface area contributed by atoms with E-state index in [0.29, 0.717) is 48.6 Å². The highest BCUT2D eigenvalue weighted by Gasteiger charge is 2.19. The molecule has 3 amide bonds. The summed E-state index contributed by atoms with van der Waals surface area (Å²) in [5.41, 5.74) is 2.53. The average molecular weight is 505 g/mol. The number of aryl methyl sites for hydroxylation is 1. The number of aromatic nitrogens is 1. The average Bonchev–Trinajstić information content (AvgIpc) is 2.81. The predicted molar refractivity (Wildman–Crippen MR) is 135 cm³/mol. The van der Waals surface area contributed by atoms with E-state index < -0.39 is 5.91 Å². The number of carbonyl (C=O) groups excluding carboxylic acids is 2. The third kappa shape index (κ3) is 5.95. The number of halogens is 2. The van der Waals surface area contributed by atoms with Crippen molar-refractivity contribution in [3.05, 3.63) is 63.8 Å². The maximum atomic E-state index is 13.0. The van der Waals surface area contributed by atoms with E-state index in [0.717, 1.165) is 5.56 Å². The second-order valence-corrected chi connectivity index (χ2v) is 8.29. The summed E-state index contributed by atoms with van der Waals surface area (Å²) in [5, 5.41) is 6.98. The standard InChI is InChI=1S/C24H26Cl2N4O4/c1-15-14-27-22-16(21(15)29-24(32)30(10-12-33-2)11-13-34-3)6-4-9-19(22)28-23(31)20-17(25)7-5-8-18(20)26/h4-9,14H,10-13H2,1-3H3,(H,28,31)(H,27,29,32). The van der Waals surface area contributed by atoms with E-state index in [1.165, 1.54) is 0 Å². The number of urea groups is 1. The molecule has 3 aromatic rings. The molecule has 2 aromatic carbocycles. The molecule has 0 aliphatic rings. The van der Waals surface area contributed by atoms with Crippen molar-refractivity contribution in [1.82, 2.24) is 9.88 Å². The van der Waals surface area contributed by atoms with Gasteiger partial charge in [-0.05, 0) is 30.7 Å². The van der Waals surface area contributed by atoms with Crippen LogP contribution in [0.1, 0.15) is 15.9 Å². The topological polar surface area (TPSA) is 92.8 Å². The molecule has 3 rings (SSSR count). The van der Waals surface area contributed by atoms with Crippen molar-refractivity contribution in [2.75, 3.05) is 51.2 Å². The first-order chi connectivity index (χ1) is 16.4. The van der Waals surface area contributed by atoms with Gasteiger partial charge in [0.25, 0.3) is 5.91 Å². The number of para-hydroxylation sites is 1. The second kappa shape index (κ2) is 12.0. The number of rotatable bonds is 9. The molecule has 0 unspecified atom stereocenters. The number of anilines is 2. The highest BCUT2D eigenvalue weighted by Crippen LogP contribution is 2.32. The molecule has 180 valence electrons. The number of fused-ring (bicyclic) bond motifs is 1. The van der Waals surface area contributed by atoms with Crippen molar-refractivity contribution in [1.29, 1.82) is 0 Å². The van der Waals surface area contributed by atoms with Gasteiger partial charge in [-0.1, -0.05) is 41.4 Å². The monoisotopic (exact) mass is 504 g/mol. The molecular weight excluding hydrogens is 479 g/mol. The number of benzene rings is 2. The summed E-state index contributed by atoms with van der Waals surface area (Å²) in [4.78, 5) is 32.1. The number of hydrogen-bond donors (Lipinski definition) is 2. The SMILES string of the molecule is COCCN(CCOC)C(=O)Nc1c(C)cnc2c(NC(=O)c3c(Cl)cccc3Cl)cccc12. The first-order valence-corrected chi connectivity index (χ1v) is 11.3. The molecule has 0 aliphatic carbocycles. The van der Waals surface area contributed by atoms with E-state index in [9.17, 15) is 9.59 Å². The van der Waals surface area contributed by atoms with E-state index in [1.54, 1.807) is 55.6 Å². The Kier molecular flexibility index (Phi) is 9.06. The Morgan fingerprint density at radius 1 is 0.971 bits per heavy atom. The fourth-order valence-electron chi connectivity index (χ4n) is 3.39. The van der Waals surface area contributed by atoms with Crippen molar-refractivity contribution in [2.24, 2.45) is 0 Å². The minimum Gasteiger partial charge on any atom is -0.383 e. The van der Waals surface area contributed by atoms with Crippen molar-refractivity contribution in [2.45, 2.75) is 6.92 Å². The molecule has 0 atom stereocenters. The minimum atomic E-state index is -0.457. The van der Waals surface area contributed by atoms with Gasteiger partial charge in [-0.2, -0.15) is 0 Å². The fourth-order valence-corrected chi connectivity index (χ4v) is 3.96. The van der Waals surface area contributed by atoms with E-state index >= 15 is 0 Å². The van der Waals surface area contributed by atoms with Gasteiger partial charge in [0.1, 0.15) is 0 Å². The lowest BCUT2D eigenvalue weighted by molar-refractivity contribution is 0.102. The molecule has 0 radical (unpaired) electrons. The normalized spacial score (nSPS) is 10.9. The molecule has 0 aliphatic heterocycles. The van der Waals surface area contributed by atoms with Crippen LogP contribution < -0.4 is 10.6 Å². The van der Waals surface area contributed by atoms with Gasteiger partial charge in [0.15, 0.2) is 0 Å². The first-order valence-electron chi connectivity index (χ1n) is 10.5. The van der Waals surface area contributed by atoms with Crippen molar-refractivity contribution < 1.29 is 19.1 Å².